The van der Waals surface area contributed by atoms with Gasteiger partial charge in [-0.1, -0.05) is 137 Å². The van der Waals surface area contributed by atoms with Crippen molar-refractivity contribution in [2.45, 2.75) is 178 Å². The maximum atomic E-state index is 5.09. The van der Waals surface area contributed by atoms with Crippen LogP contribution in [-0.2, 0) is 14.1 Å². The summed E-state index contributed by atoms with van der Waals surface area (Å²) < 4.78 is 14.2. The van der Waals surface area contributed by atoms with Crippen LogP contribution in [0, 0.1) is 0 Å². The summed E-state index contributed by atoms with van der Waals surface area (Å²) in [5, 5.41) is 13.9. The predicted octanol–water partition coefficient (Wildman–Crippen LogP) is 22.3. The summed E-state index contributed by atoms with van der Waals surface area (Å²) >= 11 is 8.81. The second-order valence-corrected chi connectivity index (χ2v) is 24.9. The molecule has 0 N–H and O–H groups in total. The van der Waals surface area contributed by atoms with Gasteiger partial charge in [-0.05, 0) is 134 Å². The van der Waals surface area contributed by atoms with Gasteiger partial charge in [0.15, 0.2) is 0 Å². The Kier molecular flexibility index (Phi) is 35.5. The molecule has 0 aromatic carbocycles. The van der Waals surface area contributed by atoms with Gasteiger partial charge >= 0.3 is 0 Å². The molecular weight excluding hydrogens is 1010 g/mol. The average molecular weight is 1100 g/mol. The molecule has 0 fully saturated rings. The van der Waals surface area contributed by atoms with Gasteiger partial charge in [-0.2, -0.15) is 11.3 Å². The summed E-state index contributed by atoms with van der Waals surface area (Å²) in [7, 11) is 4.13. The number of rotatable bonds is 9. The van der Waals surface area contributed by atoms with E-state index in [0.29, 0.717) is 53.3 Å². The summed E-state index contributed by atoms with van der Waals surface area (Å²) in [5.74, 6) is 6.75. The van der Waals surface area contributed by atoms with Crippen LogP contribution in [0.15, 0.2) is 157 Å². The molecule has 0 saturated carbocycles. The SMILES string of the molecule is CC(C)c1cccn1C.CC(C)c1ccco1.CC(C)c1cccs1.CC(C)c1cccs1.CC(C)c1ccn(C)c1.CC(C)c1ccoc1.CC(C)c1ccsc1.CC(C)c1cscn1.CC(C)c1nccs1. The molecular formula is C63H94N4O2S5. The molecule has 0 atom stereocenters. The molecule has 408 valence electrons. The van der Waals surface area contributed by atoms with Crippen molar-refractivity contribution in [1.29, 1.82) is 0 Å². The highest BCUT2D eigenvalue weighted by atomic mass is 32.1. The molecule has 0 saturated heterocycles. The second kappa shape index (κ2) is 38.9. The Hall–Kier alpha value is -4.52. The number of aryl methyl sites for hydroxylation is 2. The van der Waals surface area contributed by atoms with E-state index in [1.54, 1.807) is 52.8 Å². The highest BCUT2D eigenvalue weighted by Crippen LogP contribution is 2.21. The van der Waals surface area contributed by atoms with Gasteiger partial charge in [-0.25, -0.2) is 9.97 Å². The summed E-state index contributed by atoms with van der Waals surface area (Å²) in [4.78, 5) is 11.2. The molecule has 9 aromatic rings. The van der Waals surface area contributed by atoms with E-state index >= 15 is 0 Å². The molecule has 9 aromatic heterocycles. The molecule has 0 amide bonds. The van der Waals surface area contributed by atoms with Crippen LogP contribution in [0.3, 0.4) is 0 Å². The lowest BCUT2D eigenvalue weighted by Gasteiger charge is -2.04. The lowest BCUT2D eigenvalue weighted by molar-refractivity contribution is 0.487. The summed E-state index contributed by atoms with van der Waals surface area (Å²) in [5.41, 5.74) is 8.61. The fraction of sp³-hybridized carbons (Fsp3) is 0.460. The van der Waals surface area contributed by atoms with Gasteiger partial charge in [-0.3, -0.25) is 0 Å². The van der Waals surface area contributed by atoms with Gasteiger partial charge in [0.05, 0.1) is 35.0 Å². The monoisotopic (exact) mass is 1100 g/mol. The Morgan fingerprint density at radius 2 is 1.08 bits per heavy atom. The van der Waals surface area contributed by atoms with Crippen molar-refractivity contribution < 1.29 is 8.83 Å². The van der Waals surface area contributed by atoms with Crippen LogP contribution in [0.4, 0.5) is 0 Å². The number of nitrogens with zero attached hydrogens (tertiary/aromatic N) is 4. The highest BCUT2D eigenvalue weighted by molar-refractivity contribution is 7.10. The molecule has 9 heterocycles. The minimum Gasteiger partial charge on any atom is -0.472 e. The van der Waals surface area contributed by atoms with E-state index in [1.807, 2.05) is 65.0 Å². The van der Waals surface area contributed by atoms with Gasteiger partial charge in [0.25, 0.3) is 0 Å². The Bertz CT molecular complexity index is 2120. The van der Waals surface area contributed by atoms with Crippen molar-refractivity contribution in [1.82, 2.24) is 19.1 Å². The topological polar surface area (TPSA) is 61.9 Å². The lowest BCUT2D eigenvalue weighted by Crippen LogP contribution is -1.95. The van der Waals surface area contributed by atoms with Crippen LogP contribution in [0.2, 0.25) is 0 Å². The predicted molar refractivity (Wildman–Crippen MR) is 332 cm³/mol. The first kappa shape index (κ1) is 67.5. The highest BCUT2D eigenvalue weighted by Gasteiger charge is 2.03. The lowest BCUT2D eigenvalue weighted by atomic mass is 10.1. The standard InChI is InChI=1S/2C8H13N.2C7H10O.3C7H10S.2C6H9NS/c1-7(2)8-4-5-9(3)6-8;1-7(2)8-5-4-6-9(8)3;1-6(2)7-3-4-8-5-7;1-6(2)7-4-3-5-8-7;1-6(2)7-3-4-8-5-7;2*1-6(2)7-4-3-5-8-7;1-5(2)6-3-8-4-7-6;1-5(2)6-7-3-4-8-6/h2*4-7H,1-3H3;5*3-6H,1-2H3;2*3-5H,1-2H3. The zero-order valence-corrected chi connectivity index (χ0v) is 52.9. The molecule has 0 unspecified atom stereocenters. The molecule has 0 aliphatic rings. The molecule has 0 radical (unpaired) electrons. The largest absolute Gasteiger partial charge is 0.472 e. The van der Waals surface area contributed by atoms with Gasteiger partial charge in [0.1, 0.15) is 5.76 Å². The van der Waals surface area contributed by atoms with Crippen molar-refractivity contribution >= 4 is 56.7 Å². The van der Waals surface area contributed by atoms with Gasteiger partial charge in [-0.15, -0.1) is 45.3 Å². The van der Waals surface area contributed by atoms with E-state index in [4.69, 9.17) is 8.83 Å². The van der Waals surface area contributed by atoms with Crippen LogP contribution in [0.25, 0.3) is 0 Å². The van der Waals surface area contributed by atoms with Crippen molar-refractivity contribution in [3.63, 3.8) is 0 Å². The fourth-order valence-electron chi connectivity index (χ4n) is 6.03. The molecule has 9 rings (SSSR count). The molecule has 11 heteroatoms. The minimum absolute atomic E-state index is 0.519. The first-order valence-corrected chi connectivity index (χ1v) is 30.7. The molecule has 0 aliphatic heterocycles. The molecule has 6 nitrogen and oxygen atoms in total. The van der Waals surface area contributed by atoms with E-state index in [0.717, 1.165) is 5.76 Å². The van der Waals surface area contributed by atoms with Crippen molar-refractivity contribution in [2.75, 3.05) is 0 Å². The van der Waals surface area contributed by atoms with Crippen LogP contribution in [0.5, 0.6) is 0 Å². The Labute approximate surface area is 470 Å². The zero-order chi connectivity index (χ0) is 55.6. The maximum absolute atomic E-state index is 5.09. The number of furan rings is 2. The van der Waals surface area contributed by atoms with Crippen LogP contribution in [0.1, 0.15) is 226 Å². The quantitative estimate of drug-likeness (QED) is 0.144. The first-order chi connectivity index (χ1) is 35.0. The fourth-order valence-corrected chi connectivity index (χ4v) is 9.71. The molecule has 0 aliphatic carbocycles. The van der Waals surface area contributed by atoms with E-state index in [9.17, 15) is 0 Å². The third-order valence-corrected chi connectivity index (χ3v) is 15.6. The van der Waals surface area contributed by atoms with Crippen LogP contribution < -0.4 is 0 Å². The Morgan fingerprint density at radius 3 is 1.30 bits per heavy atom. The number of thiophene rings is 3. The molecule has 0 bridgehead atoms. The second-order valence-electron chi connectivity index (χ2n) is 20.5. The van der Waals surface area contributed by atoms with E-state index in [1.165, 1.54) is 42.8 Å². The molecule has 74 heavy (non-hydrogen) atoms. The van der Waals surface area contributed by atoms with Gasteiger partial charge in [0.2, 0.25) is 0 Å². The average Bonchev–Trinajstić information content (AvgIpc) is 4.22. The van der Waals surface area contributed by atoms with Gasteiger partial charge in [0, 0.05) is 76.9 Å². The summed E-state index contributed by atoms with van der Waals surface area (Å²) in [6, 6.07) is 23.0. The molecule has 0 spiro atoms. The normalized spacial score (nSPS) is 10.4. The van der Waals surface area contributed by atoms with Crippen molar-refractivity contribution in [2.24, 2.45) is 14.1 Å². The zero-order valence-electron chi connectivity index (χ0n) is 48.8. The Morgan fingerprint density at radius 1 is 0.459 bits per heavy atom. The Balaban J connectivity index is 0.000000416. The van der Waals surface area contributed by atoms with E-state index in [2.05, 4.69) is 245 Å². The summed E-state index contributed by atoms with van der Waals surface area (Å²) in [6.45, 7) is 39.2. The van der Waals surface area contributed by atoms with Crippen molar-refractivity contribution in [3.8, 4) is 0 Å². The third-order valence-electron chi connectivity index (χ3n) is 10.8. The van der Waals surface area contributed by atoms with Gasteiger partial charge < -0.3 is 18.0 Å². The third kappa shape index (κ3) is 30.1. The number of thiazole rings is 2. The number of hydrogen-bond acceptors (Lipinski definition) is 9. The summed E-state index contributed by atoms with van der Waals surface area (Å²) in [6.07, 6.45) is 13.4. The number of aromatic nitrogens is 4. The van der Waals surface area contributed by atoms with E-state index in [-0.39, 0.29) is 0 Å². The van der Waals surface area contributed by atoms with Crippen molar-refractivity contribution in [3.05, 3.63) is 197 Å². The first-order valence-electron chi connectivity index (χ1n) is 26.2. The maximum Gasteiger partial charge on any atom is 0.106 e. The smallest absolute Gasteiger partial charge is 0.106 e. The van der Waals surface area contributed by atoms with E-state index < -0.39 is 0 Å². The minimum atomic E-state index is 0.519. The van der Waals surface area contributed by atoms with Crippen LogP contribution >= 0.6 is 56.7 Å². The van der Waals surface area contributed by atoms with Crippen LogP contribution in [-0.4, -0.2) is 19.1 Å². The number of hydrogen-bond donors (Lipinski definition) is 0.